The van der Waals surface area contributed by atoms with Gasteiger partial charge in [-0.2, -0.15) is 0 Å². The molecule has 0 spiro atoms. The standard InChI is InChI=1S/C32H34N6O3S2/c1-18(2)29-33-34-30(42-29)20-6-10-25(11-7-20)41-26-13-21(4-5-22(26)16-37-15-19(3)12-27(37)39)31-35-36-32(43-31)23-14-28(40)38(17-23)24-8-9-24/h4-7,10-11,13,18-19,23-24H,8-9,12,14-17H2,1-3H3/t19-,23?/m0/s1. The molecule has 1 aliphatic carbocycles. The summed E-state index contributed by atoms with van der Waals surface area (Å²) >= 11 is 3.15. The highest BCUT2D eigenvalue weighted by atomic mass is 32.1. The summed E-state index contributed by atoms with van der Waals surface area (Å²) in [6.45, 7) is 8.31. The second-order valence-corrected chi connectivity index (χ2v) is 14.3. The third-order valence-corrected chi connectivity index (χ3v) is 10.7. The van der Waals surface area contributed by atoms with Gasteiger partial charge < -0.3 is 14.5 Å². The zero-order valence-corrected chi connectivity index (χ0v) is 26.2. The zero-order chi connectivity index (χ0) is 29.7. The highest BCUT2D eigenvalue weighted by Gasteiger charge is 2.41. The van der Waals surface area contributed by atoms with Crippen LogP contribution in [0, 0.1) is 5.92 Å². The monoisotopic (exact) mass is 614 g/mol. The number of likely N-dealkylation sites (tertiary alicyclic amines) is 2. The van der Waals surface area contributed by atoms with Gasteiger partial charge >= 0.3 is 0 Å². The molecule has 0 radical (unpaired) electrons. The summed E-state index contributed by atoms with van der Waals surface area (Å²) in [7, 11) is 0. The number of carbonyl (C=O) groups is 2. The lowest BCUT2D eigenvalue weighted by atomic mass is 10.1. The molecule has 2 aromatic heterocycles. The van der Waals surface area contributed by atoms with Gasteiger partial charge in [0.05, 0.1) is 0 Å². The number of amides is 2. The summed E-state index contributed by atoms with van der Waals surface area (Å²) in [5, 5.41) is 21.3. The van der Waals surface area contributed by atoms with Gasteiger partial charge in [-0.15, -0.1) is 20.4 Å². The topological polar surface area (TPSA) is 101 Å². The van der Waals surface area contributed by atoms with Crippen molar-refractivity contribution in [1.29, 1.82) is 0 Å². The molecular formula is C32H34N6O3S2. The Balaban J connectivity index is 1.14. The second-order valence-electron chi connectivity index (χ2n) is 12.3. The number of hydrogen-bond donors (Lipinski definition) is 0. The first-order chi connectivity index (χ1) is 20.8. The van der Waals surface area contributed by atoms with E-state index in [1.165, 1.54) is 0 Å². The van der Waals surface area contributed by atoms with Crippen molar-refractivity contribution < 1.29 is 14.3 Å². The highest BCUT2D eigenvalue weighted by molar-refractivity contribution is 7.15. The fourth-order valence-electron chi connectivity index (χ4n) is 5.77. The van der Waals surface area contributed by atoms with Crippen LogP contribution in [0.2, 0.25) is 0 Å². The fraction of sp³-hybridized carbons (Fsp3) is 0.438. The Morgan fingerprint density at radius 2 is 1.63 bits per heavy atom. The predicted octanol–water partition coefficient (Wildman–Crippen LogP) is 6.49. The Morgan fingerprint density at radius 1 is 0.884 bits per heavy atom. The molecule has 4 aromatic rings. The lowest BCUT2D eigenvalue weighted by molar-refractivity contribution is -0.129. The molecule has 2 saturated heterocycles. The molecule has 3 fully saturated rings. The van der Waals surface area contributed by atoms with Gasteiger partial charge in [0.2, 0.25) is 11.8 Å². The number of benzene rings is 2. The van der Waals surface area contributed by atoms with E-state index in [1.807, 2.05) is 52.3 Å². The largest absolute Gasteiger partial charge is 0.457 e. The summed E-state index contributed by atoms with van der Waals surface area (Å²) < 4.78 is 6.48. The van der Waals surface area contributed by atoms with E-state index in [-0.39, 0.29) is 17.7 Å². The molecule has 1 saturated carbocycles. The minimum Gasteiger partial charge on any atom is -0.457 e. The lowest BCUT2D eigenvalue weighted by Gasteiger charge is -2.19. The molecule has 1 unspecified atom stereocenters. The van der Waals surface area contributed by atoms with Gasteiger partial charge in [-0.3, -0.25) is 9.59 Å². The number of nitrogens with zero attached hydrogens (tertiary/aromatic N) is 6. The zero-order valence-electron chi connectivity index (χ0n) is 24.5. The average Bonchev–Trinajstić information content (AvgIpc) is 3.34. The summed E-state index contributed by atoms with van der Waals surface area (Å²) in [6.07, 6.45) is 3.31. The highest BCUT2D eigenvalue weighted by Crippen LogP contribution is 2.40. The summed E-state index contributed by atoms with van der Waals surface area (Å²) in [4.78, 5) is 29.1. The van der Waals surface area contributed by atoms with Gasteiger partial charge in [-0.25, -0.2) is 0 Å². The van der Waals surface area contributed by atoms with Crippen LogP contribution in [0.4, 0.5) is 0 Å². The van der Waals surface area contributed by atoms with Crippen LogP contribution >= 0.6 is 22.7 Å². The molecule has 11 heteroatoms. The molecule has 2 atom stereocenters. The van der Waals surface area contributed by atoms with E-state index in [4.69, 9.17) is 4.74 Å². The summed E-state index contributed by atoms with van der Waals surface area (Å²) in [5.74, 6) is 2.56. The Hall–Kier alpha value is -3.70. The van der Waals surface area contributed by atoms with E-state index in [0.717, 1.165) is 62.7 Å². The molecule has 2 aromatic carbocycles. The van der Waals surface area contributed by atoms with E-state index in [0.29, 0.717) is 48.8 Å². The number of aromatic nitrogens is 4. The molecule has 3 aliphatic rings. The molecule has 7 rings (SSSR count). The van der Waals surface area contributed by atoms with Crippen LogP contribution < -0.4 is 4.74 Å². The Labute approximate surface area is 258 Å². The Morgan fingerprint density at radius 3 is 2.33 bits per heavy atom. The molecule has 43 heavy (non-hydrogen) atoms. The van der Waals surface area contributed by atoms with Crippen molar-refractivity contribution in [1.82, 2.24) is 30.2 Å². The van der Waals surface area contributed by atoms with Crippen molar-refractivity contribution >= 4 is 34.5 Å². The third-order valence-electron chi connectivity index (χ3n) is 8.28. The van der Waals surface area contributed by atoms with E-state index >= 15 is 0 Å². The molecule has 2 aliphatic heterocycles. The van der Waals surface area contributed by atoms with Crippen molar-refractivity contribution in [2.24, 2.45) is 5.92 Å². The van der Waals surface area contributed by atoms with Crippen molar-refractivity contribution in [3.8, 4) is 32.6 Å². The lowest BCUT2D eigenvalue weighted by Crippen LogP contribution is -2.27. The van der Waals surface area contributed by atoms with E-state index in [1.54, 1.807) is 22.7 Å². The normalized spacial score (nSPS) is 20.6. The number of hydrogen-bond acceptors (Lipinski definition) is 9. The maximum absolute atomic E-state index is 12.6. The van der Waals surface area contributed by atoms with Crippen LogP contribution in [-0.4, -0.2) is 61.1 Å². The van der Waals surface area contributed by atoms with Crippen LogP contribution in [0.3, 0.4) is 0 Å². The number of carbonyl (C=O) groups excluding carboxylic acids is 2. The maximum atomic E-state index is 12.6. The van der Waals surface area contributed by atoms with E-state index in [2.05, 4.69) is 41.2 Å². The van der Waals surface area contributed by atoms with Gasteiger partial charge in [0.1, 0.15) is 31.5 Å². The van der Waals surface area contributed by atoms with E-state index < -0.39 is 0 Å². The van der Waals surface area contributed by atoms with Crippen LogP contribution in [0.5, 0.6) is 11.5 Å². The first-order valence-corrected chi connectivity index (χ1v) is 16.6. The van der Waals surface area contributed by atoms with Crippen molar-refractivity contribution in [2.45, 2.75) is 70.9 Å². The molecule has 222 valence electrons. The molecule has 9 nitrogen and oxygen atoms in total. The summed E-state index contributed by atoms with van der Waals surface area (Å²) in [6, 6.07) is 14.4. The minimum absolute atomic E-state index is 0.0979. The predicted molar refractivity (Wildman–Crippen MR) is 166 cm³/mol. The molecule has 2 amide bonds. The van der Waals surface area contributed by atoms with Crippen LogP contribution in [0.15, 0.2) is 42.5 Å². The summed E-state index contributed by atoms with van der Waals surface area (Å²) in [5.41, 5.74) is 2.83. The van der Waals surface area contributed by atoms with Crippen molar-refractivity contribution in [3.05, 3.63) is 58.0 Å². The van der Waals surface area contributed by atoms with Crippen molar-refractivity contribution in [3.63, 3.8) is 0 Å². The first kappa shape index (κ1) is 28.1. The smallest absolute Gasteiger partial charge is 0.223 e. The molecular weight excluding hydrogens is 581 g/mol. The van der Waals surface area contributed by atoms with Gasteiger partial charge in [-0.1, -0.05) is 55.6 Å². The van der Waals surface area contributed by atoms with Gasteiger partial charge in [0.15, 0.2) is 0 Å². The van der Waals surface area contributed by atoms with Crippen LogP contribution in [-0.2, 0) is 16.1 Å². The third kappa shape index (κ3) is 5.92. The minimum atomic E-state index is 0.0979. The second kappa shape index (κ2) is 11.4. The molecule has 0 N–H and O–H groups in total. The number of rotatable bonds is 9. The maximum Gasteiger partial charge on any atom is 0.223 e. The van der Waals surface area contributed by atoms with Gasteiger partial charge in [0, 0.05) is 67.0 Å². The van der Waals surface area contributed by atoms with Crippen LogP contribution in [0.25, 0.3) is 21.1 Å². The van der Waals surface area contributed by atoms with Crippen LogP contribution in [0.1, 0.15) is 73.9 Å². The first-order valence-electron chi connectivity index (χ1n) is 15.0. The van der Waals surface area contributed by atoms with Gasteiger partial charge in [0.25, 0.3) is 0 Å². The Bertz CT molecular complexity index is 1660. The molecule has 0 bridgehead atoms. The Kier molecular flexibility index (Phi) is 7.46. The van der Waals surface area contributed by atoms with Gasteiger partial charge in [-0.05, 0) is 49.1 Å². The van der Waals surface area contributed by atoms with Crippen molar-refractivity contribution in [2.75, 3.05) is 13.1 Å². The SMILES string of the molecule is CC(C)c1nnc(-c2ccc(Oc3cc(-c4nnc(C5CC(=O)N(C6CC6)C5)s4)ccc3CN3C[C@@H](C)CC3=O)cc2)s1. The fourth-order valence-corrected chi connectivity index (χ4v) is 7.55. The molecule has 4 heterocycles. The quantitative estimate of drug-likeness (QED) is 0.213. The van der Waals surface area contributed by atoms with E-state index in [9.17, 15) is 9.59 Å². The average molecular weight is 615 g/mol. The number of ether oxygens (including phenoxy) is 1.